The summed E-state index contributed by atoms with van der Waals surface area (Å²) >= 11 is 0. The van der Waals surface area contributed by atoms with E-state index in [0.717, 1.165) is 18.4 Å². The van der Waals surface area contributed by atoms with Crippen molar-refractivity contribution in [2.45, 2.75) is 75.8 Å². The average Bonchev–Trinajstić information content (AvgIpc) is 3.42. The maximum absolute atomic E-state index is 14.5. The lowest BCUT2D eigenvalue weighted by atomic mass is 10.0. The van der Waals surface area contributed by atoms with Gasteiger partial charge in [0.25, 0.3) is 5.78 Å². The van der Waals surface area contributed by atoms with Gasteiger partial charge in [0.15, 0.2) is 6.04 Å². The first kappa shape index (κ1) is 33.1. The highest BCUT2D eigenvalue weighted by molar-refractivity contribution is 5.95. The molecular weight excluding hydrogens is 575 g/mol. The Morgan fingerprint density at radius 3 is 1.89 bits per heavy atom. The maximum atomic E-state index is 14.5. The molecule has 2 aromatic carbocycles. The van der Waals surface area contributed by atoms with Gasteiger partial charge in [0.1, 0.15) is 12.1 Å². The van der Waals surface area contributed by atoms with Crippen LogP contribution in [0.1, 0.15) is 43.7 Å². The number of alkyl halides is 3. The molecule has 2 aliphatic rings. The number of likely N-dealkylation sites (tertiary alicyclic amines) is 2. The number of hydrogen-bond acceptors (Lipinski definition) is 5. The Labute approximate surface area is 255 Å². The molecule has 0 radical (unpaired) electrons. The molecule has 0 bridgehead atoms. The molecule has 3 N–H and O–H groups in total. The van der Waals surface area contributed by atoms with Crippen molar-refractivity contribution in [3.8, 4) is 0 Å². The van der Waals surface area contributed by atoms with E-state index in [-0.39, 0.29) is 25.4 Å². The lowest BCUT2D eigenvalue weighted by Crippen LogP contribution is -2.69. The van der Waals surface area contributed by atoms with Crippen LogP contribution >= 0.6 is 0 Å². The van der Waals surface area contributed by atoms with Crippen molar-refractivity contribution in [1.29, 1.82) is 0 Å². The smallest absolute Gasteiger partial charge is 0.325 e. The molecule has 2 fully saturated rings. The van der Waals surface area contributed by atoms with E-state index in [1.165, 1.54) is 0 Å². The second kappa shape index (κ2) is 14.3. The van der Waals surface area contributed by atoms with Crippen molar-refractivity contribution in [2.75, 3.05) is 26.7 Å². The normalized spacial score (nSPS) is 22.2. The third-order valence-electron chi connectivity index (χ3n) is 8.89. The van der Waals surface area contributed by atoms with E-state index >= 15 is 0 Å². The molecule has 0 spiro atoms. The number of ketones is 1. The molecule has 0 aliphatic carbocycles. The number of urea groups is 2. The molecule has 238 valence electrons. The molecule has 9 nitrogen and oxygen atoms in total. The van der Waals surface area contributed by atoms with Gasteiger partial charge in [-0.2, -0.15) is 17.7 Å². The van der Waals surface area contributed by atoms with E-state index < -0.39 is 52.5 Å². The molecular formula is C32H41F3N5O4+. The van der Waals surface area contributed by atoms with Gasteiger partial charge in [0.2, 0.25) is 0 Å². The van der Waals surface area contributed by atoms with Crippen LogP contribution in [0.4, 0.5) is 22.8 Å². The van der Waals surface area contributed by atoms with Crippen LogP contribution in [0.2, 0.25) is 0 Å². The minimum absolute atomic E-state index is 0.0405. The Kier molecular flexibility index (Phi) is 10.8. The molecule has 4 rings (SSSR count). The standard InChI is InChI=1S/C32H40F3N5O4/c1-22-10-9-19-40(22,31(44)38-26(28(41)32(33,34)35)20-23-11-5-3-6-12-23)29(42)27(21-24-13-7-4-8-14-24)37-30(43)39-17-15-25(36-2)16-18-39/h3-8,11-14,22,25-27,36H,9-10,15-21H2,1-2H3,(H-,37,38,43,44)/p+1/t22-,26-,27+,40?/m1/s1. The van der Waals surface area contributed by atoms with Crippen molar-refractivity contribution < 1.29 is 36.8 Å². The van der Waals surface area contributed by atoms with E-state index in [1.54, 1.807) is 66.4 Å². The molecule has 5 amide bonds. The summed E-state index contributed by atoms with van der Waals surface area (Å²) < 4.78 is 40.2. The lowest BCUT2D eigenvalue weighted by molar-refractivity contribution is -0.785. The second-order valence-corrected chi connectivity index (χ2v) is 11.7. The zero-order valence-electron chi connectivity index (χ0n) is 25.1. The first-order valence-electron chi connectivity index (χ1n) is 15.1. The molecule has 2 aromatic rings. The molecule has 1 unspecified atom stereocenters. The topological polar surface area (TPSA) is 108 Å². The van der Waals surface area contributed by atoms with Crippen molar-refractivity contribution in [3.05, 3.63) is 71.8 Å². The van der Waals surface area contributed by atoms with Crippen molar-refractivity contribution in [1.82, 2.24) is 20.9 Å². The molecule has 2 aliphatic heterocycles. The van der Waals surface area contributed by atoms with E-state index in [0.29, 0.717) is 31.5 Å². The highest BCUT2D eigenvalue weighted by Gasteiger charge is 2.56. The number of halogens is 3. The Balaban J connectivity index is 1.63. The quantitative estimate of drug-likeness (QED) is 0.370. The van der Waals surface area contributed by atoms with Crippen LogP contribution in [0.3, 0.4) is 0 Å². The third-order valence-corrected chi connectivity index (χ3v) is 8.89. The highest BCUT2D eigenvalue weighted by atomic mass is 19.4. The SMILES string of the molecule is CNC1CCN(C(=O)N[C@@H](Cc2ccccc2)C(=O)[N+]2(C(=O)N[C@H](Cc3ccccc3)C(=O)C(F)(F)F)CCC[C@H]2C)CC1. The number of rotatable bonds is 9. The fourth-order valence-electron chi connectivity index (χ4n) is 6.27. The Hall–Kier alpha value is -3.77. The van der Waals surface area contributed by atoms with Gasteiger partial charge < -0.3 is 15.5 Å². The minimum Gasteiger partial charge on any atom is -0.325 e. The predicted octanol–water partition coefficient (Wildman–Crippen LogP) is 3.97. The molecule has 0 aromatic heterocycles. The number of carbonyl (C=O) groups is 4. The zero-order valence-corrected chi connectivity index (χ0v) is 25.1. The van der Waals surface area contributed by atoms with Gasteiger partial charge in [-0.25, -0.2) is 14.4 Å². The van der Waals surface area contributed by atoms with Gasteiger partial charge in [0, 0.05) is 44.8 Å². The first-order chi connectivity index (χ1) is 21.0. The number of hydrogen-bond donors (Lipinski definition) is 3. The van der Waals surface area contributed by atoms with Crippen LogP contribution in [0.5, 0.6) is 0 Å². The molecule has 44 heavy (non-hydrogen) atoms. The summed E-state index contributed by atoms with van der Waals surface area (Å²) in [4.78, 5) is 56.1. The van der Waals surface area contributed by atoms with Crippen LogP contribution in [0, 0.1) is 0 Å². The number of nitrogens with one attached hydrogen (secondary N) is 3. The van der Waals surface area contributed by atoms with E-state index in [1.807, 2.05) is 13.1 Å². The largest absolute Gasteiger partial charge is 0.452 e. The Morgan fingerprint density at radius 2 is 1.41 bits per heavy atom. The van der Waals surface area contributed by atoms with Gasteiger partial charge in [-0.3, -0.25) is 10.1 Å². The maximum Gasteiger partial charge on any atom is 0.452 e. The Bertz CT molecular complexity index is 1300. The fraction of sp³-hybridized carbons (Fsp3) is 0.500. The molecule has 12 heteroatoms. The average molecular weight is 617 g/mol. The van der Waals surface area contributed by atoms with E-state index in [2.05, 4.69) is 16.0 Å². The van der Waals surface area contributed by atoms with Crippen molar-refractivity contribution in [2.24, 2.45) is 0 Å². The number of Topliss-reactive ketones (excluding diaryl/α,β-unsaturated/α-hetero) is 1. The van der Waals surface area contributed by atoms with Crippen LogP contribution in [-0.2, 0) is 22.4 Å². The van der Waals surface area contributed by atoms with Gasteiger partial charge in [-0.15, -0.1) is 0 Å². The summed E-state index contributed by atoms with van der Waals surface area (Å²) in [6, 6.07) is 12.4. The summed E-state index contributed by atoms with van der Waals surface area (Å²) in [5.74, 6) is -2.71. The van der Waals surface area contributed by atoms with Crippen LogP contribution in [0.15, 0.2) is 60.7 Å². The number of benzene rings is 2. The van der Waals surface area contributed by atoms with Crippen LogP contribution in [-0.4, -0.2) is 90.2 Å². The van der Waals surface area contributed by atoms with Gasteiger partial charge >= 0.3 is 24.1 Å². The number of carbonyl (C=O) groups excluding carboxylic acids is 4. The summed E-state index contributed by atoms with van der Waals surface area (Å²) in [7, 11) is 1.87. The minimum atomic E-state index is -5.19. The van der Waals surface area contributed by atoms with Crippen molar-refractivity contribution >= 4 is 23.8 Å². The summed E-state index contributed by atoms with van der Waals surface area (Å²) in [5, 5.41) is 8.39. The number of quaternary nitrogens is 1. The van der Waals surface area contributed by atoms with Gasteiger partial charge in [-0.05, 0) is 37.9 Å². The van der Waals surface area contributed by atoms with Crippen LogP contribution < -0.4 is 16.0 Å². The molecule has 4 atom stereocenters. The monoisotopic (exact) mass is 616 g/mol. The van der Waals surface area contributed by atoms with Crippen LogP contribution in [0.25, 0.3) is 0 Å². The third kappa shape index (κ3) is 7.65. The fourth-order valence-corrected chi connectivity index (χ4v) is 6.27. The summed E-state index contributed by atoms with van der Waals surface area (Å²) in [5.41, 5.74) is 1.18. The van der Waals surface area contributed by atoms with E-state index in [9.17, 15) is 32.3 Å². The first-order valence-corrected chi connectivity index (χ1v) is 15.1. The van der Waals surface area contributed by atoms with Crippen molar-refractivity contribution in [3.63, 3.8) is 0 Å². The zero-order chi connectivity index (χ0) is 31.9. The lowest BCUT2D eigenvalue weighted by Gasteiger charge is -2.37. The van der Waals surface area contributed by atoms with Gasteiger partial charge in [0.05, 0.1) is 6.54 Å². The number of amides is 5. The molecule has 0 saturated carbocycles. The number of imide groups is 1. The number of nitrogens with zero attached hydrogens (tertiary/aromatic N) is 2. The van der Waals surface area contributed by atoms with E-state index in [4.69, 9.17) is 0 Å². The number of piperidine rings is 1. The summed E-state index contributed by atoms with van der Waals surface area (Å²) in [6.07, 6.45) is -3.05. The molecule has 2 heterocycles. The summed E-state index contributed by atoms with van der Waals surface area (Å²) in [6.45, 7) is 2.72. The predicted molar refractivity (Wildman–Crippen MR) is 158 cm³/mol. The van der Waals surface area contributed by atoms with Gasteiger partial charge in [-0.1, -0.05) is 60.7 Å². The molecule has 2 saturated heterocycles. The Morgan fingerprint density at radius 1 is 0.864 bits per heavy atom. The highest BCUT2D eigenvalue weighted by Crippen LogP contribution is 2.31. The second-order valence-electron chi connectivity index (χ2n) is 11.7.